The minimum absolute atomic E-state index is 0.00188. The molecule has 1 unspecified atom stereocenters. The molecule has 136 valence electrons. The van der Waals surface area contributed by atoms with Gasteiger partial charge in [0.2, 0.25) is 5.56 Å². The van der Waals surface area contributed by atoms with Gasteiger partial charge in [0.25, 0.3) is 0 Å². The first-order valence-corrected chi connectivity index (χ1v) is 8.55. The molecule has 0 aliphatic carbocycles. The van der Waals surface area contributed by atoms with Gasteiger partial charge in [0.05, 0.1) is 18.2 Å². The molecule has 6 heteroatoms. The van der Waals surface area contributed by atoms with Crippen molar-refractivity contribution in [2.75, 3.05) is 13.2 Å². The van der Waals surface area contributed by atoms with Crippen LogP contribution in [0.5, 0.6) is 11.5 Å². The van der Waals surface area contributed by atoms with Crippen LogP contribution < -0.4 is 10.9 Å². The van der Waals surface area contributed by atoms with Gasteiger partial charge in [-0.1, -0.05) is 18.2 Å². The van der Waals surface area contributed by atoms with Crippen LogP contribution in [-0.4, -0.2) is 33.5 Å². The van der Waals surface area contributed by atoms with E-state index in [1.165, 1.54) is 12.1 Å². The molecule has 0 aliphatic rings. The van der Waals surface area contributed by atoms with Crippen LogP contribution in [0.1, 0.15) is 23.6 Å². The minimum Gasteiger partial charge on any atom is -0.508 e. The highest BCUT2D eigenvalue weighted by Crippen LogP contribution is 2.28. The molecule has 0 saturated carbocycles. The minimum atomic E-state index is -0.312. The van der Waals surface area contributed by atoms with Crippen LogP contribution in [-0.2, 0) is 6.42 Å². The molecule has 0 radical (unpaired) electrons. The Morgan fingerprint density at radius 1 is 1.08 bits per heavy atom. The third-order valence-corrected chi connectivity index (χ3v) is 4.41. The molecule has 3 aromatic rings. The zero-order valence-electron chi connectivity index (χ0n) is 14.3. The highest BCUT2D eigenvalue weighted by atomic mass is 16.3. The van der Waals surface area contributed by atoms with Crippen LogP contribution in [0.4, 0.5) is 0 Å². The van der Waals surface area contributed by atoms with Gasteiger partial charge in [0.15, 0.2) is 0 Å². The molecule has 5 N–H and O–H groups in total. The van der Waals surface area contributed by atoms with Crippen LogP contribution in [0.2, 0.25) is 0 Å². The molecule has 0 aliphatic heterocycles. The topological polar surface area (TPSA) is 106 Å². The Kier molecular flexibility index (Phi) is 5.55. The summed E-state index contributed by atoms with van der Waals surface area (Å²) in [5, 5.41) is 33.3. The average molecular weight is 354 g/mol. The zero-order chi connectivity index (χ0) is 18.5. The second-order valence-electron chi connectivity index (χ2n) is 6.25. The standard InChI is InChI=1S/C20H22N2O4/c23-12-17(21-10-2-4-13-3-1-5-14(24)11-13)15-6-8-18(25)20-16(15)7-9-19(26)22-20/h1,3,5-9,11,17,21,23-25H,2,4,10,12H2,(H,22,26). The normalized spacial score (nSPS) is 12.3. The van der Waals surface area contributed by atoms with E-state index in [9.17, 15) is 20.1 Å². The Morgan fingerprint density at radius 3 is 2.69 bits per heavy atom. The molecule has 3 rings (SSSR count). The molecule has 0 saturated heterocycles. The highest BCUT2D eigenvalue weighted by Gasteiger charge is 2.15. The molecule has 1 aromatic heterocycles. The van der Waals surface area contributed by atoms with E-state index in [2.05, 4.69) is 10.3 Å². The van der Waals surface area contributed by atoms with Crippen molar-refractivity contribution in [3.05, 3.63) is 70.0 Å². The first-order valence-electron chi connectivity index (χ1n) is 8.55. The molecule has 0 amide bonds. The lowest BCUT2D eigenvalue weighted by molar-refractivity contribution is 0.245. The van der Waals surface area contributed by atoms with Gasteiger partial charge < -0.3 is 25.6 Å². The van der Waals surface area contributed by atoms with Crippen molar-refractivity contribution < 1.29 is 15.3 Å². The molecule has 0 bridgehead atoms. The lowest BCUT2D eigenvalue weighted by Crippen LogP contribution is -2.26. The summed E-state index contributed by atoms with van der Waals surface area (Å²) in [4.78, 5) is 14.1. The van der Waals surface area contributed by atoms with Gasteiger partial charge in [-0.15, -0.1) is 0 Å². The number of benzene rings is 2. The van der Waals surface area contributed by atoms with Gasteiger partial charge in [-0.05, 0) is 54.8 Å². The number of aromatic amines is 1. The van der Waals surface area contributed by atoms with Gasteiger partial charge in [-0.25, -0.2) is 0 Å². The van der Waals surface area contributed by atoms with Crippen molar-refractivity contribution >= 4 is 10.9 Å². The van der Waals surface area contributed by atoms with Gasteiger partial charge in [0, 0.05) is 11.5 Å². The van der Waals surface area contributed by atoms with E-state index in [1.807, 2.05) is 12.1 Å². The van der Waals surface area contributed by atoms with Crippen LogP contribution >= 0.6 is 0 Å². The van der Waals surface area contributed by atoms with Crippen LogP contribution in [0.15, 0.2) is 53.3 Å². The van der Waals surface area contributed by atoms with Gasteiger partial charge >= 0.3 is 0 Å². The van der Waals surface area contributed by atoms with Crippen molar-refractivity contribution in [2.45, 2.75) is 18.9 Å². The first kappa shape index (κ1) is 18.0. The summed E-state index contributed by atoms with van der Waals surface area (Å²) in [6.45, 7) is 0.567. The number of fused-ring (bicyclic) bond motifs is 1. The number of aryl methyl sites for hydroxylation is 1. The maximum absolute atomic E-state index is 11.5. The fourth-order valence-corrected chi connectivity index (χ4v) is 3.12. The third-order valence-electron chi connectivity index (χ3n) is 4.41. The van der Waals surface area contributed by atoms with Crippen LogP contribution in [0.25, 0.3) is 10.9 Å². The Balaban J connectivity index is 1.70. The number of nitrogens with one attached hydrogen (secondary N) is 2. The van der Waals surface area contributed by atoms with Crippen molar-refractivity contribution in [1.82, 2.24) is 10.3 Å². The largest absolute Gasteiger partial charge is 0.508 e. The quantitative estimate of drug-likeness (QED) is 0.418. The summed E-state index contributed by atoms with van der Waals surface area (Å²) in [6, 6.07) is 13.2. The molecular weight excluding hydrogens is 332 g/mol. The number of pyridine rings is 1. The SMILES string of the molecule is O=c1ccc2c(C(CO)NCCCc3cccc(O)c3)ccc(O)c2[nH]1. The summed E-state index contributed by atoms with van der Waals surface area (Å²) in [5.74, 6) is 0.260. The number of hydrogen-bond acceptors (Lipinski definition) is 5. The number of H-pyrrole nitrogens is 1. The number of phenolic OH excluding ortho intramolecular Hbond substituents is 2. The summed E-state index contributed by atoms with van der Waals surface area (Å²) >= 11 is 0. The zero-order valence-corrected chi connectivity index (χ0v) is 14.3. The van der Waals surface area contributed by atoms with E-state index in [0.29, 0.717) is 17.4 Å². The van der Waals surface area contributed by atoms with Crippen molar-refractivity contribution in [3.63, 3.8) is 0 Å². The molecule has 1 atom stereocenters. The van der Waals surface area contributed by atoms with E-state index in [4.69, 9.17) is 0 Å². The maximum atomic E-state index is 11.5. The van der Waals surface area contributed by atoms with Crippen molar-refractivity contribution in [1.29, 1.82) is 0 Å². The monoisotopic (exact) mass is 354 g/mol. The van der Waals surface area contributed by atoms with E-state index < -0.39 is 0 Å². The van der Waals surface area contributed by atoms with Crippen LogP contribution in [0.3, 0.4) is 0 Å². The van der Waals surface area contributed by atoms with Crippen LogP contribution in [0, 0.1) is 0 Å². The summed E-state index contributed by atoms with van der Waals surface area (Å²) in [7, 11) is 0. The molecule has 0 fully saturated rings. The molecule has 0 spiro atoms. The number of aromatic nitrogens is 1. The van der Waals surface area contributed by atoms with E-state index in [-0.39, 0.29) is 29.7 Å². The van der Waals surface area contributed by atoms with Gasteiger partial charge in [0.1, 0.15) is 11.5 Å². The number of rotatable bonds is 7. The maximum Gasteiger partial charge on any atom is 0.248 e. The van der Waals surface area contributed by atoms with Gasteiger partial charge in [-0.2, -0.15) is 0 Å². The Bertz CT molecular complexity index is 952. The molecule has 26 heavy (non-hydrogen) atoms. The average Bonchev–Trinajstić information content (AvgIpc) is 2.63. The summed E-state index contributed by atoms with van der Waals surface area (Å²) in [6.07, 6.45) is 1.65. The fourth-order valence-electron chi connectivity index (χ4n) is 3.12. The Labute approximate surface area is 150 Å². The van der Waals surface area contributed by atoms with Gasteiger partial charge in [-0.3, -0.25) is 4.79 Å². The van der Waals surface area contributed by atoms with Crippen molar-refractivity contribution in [2.24, 2.45) is 0 Å². The second-order valence-corrected chi connectivity index (χ2v) is 6.25. The number of aliphatic hydroxyl groups is 1. The molecule has 2 aromatic carbocycles. The van der Waals surface area contributed by atoms with E-state index in [1.54, 1.807) is 24.3 Å². The first-order chi connectivity index (χ1) is 12.6. The number of hydrogen-bond donors (Lipinski definition) is 5. The molecular formula is C20H22N2O4. The summed E-state index contributed by atoms with van der Waals surface area (Å²) < 4.78 is 0. The Morgan fingerprint density at radius 2 is 1.92 bits per heavy atom. The van der Waals surface area contributed by atoms with E-state index >= 15 is 0 Å². The highest BCUT2D eigenvalue weighted by molar-refractivity contribution is 5.87. The number of aromatic hydroxyl groups is 2. The lowest BCUT2D eigenvalue weighted by Gasteiger charge is -2.19. The molecule has 1 heterocycles. The number of phenols is 2. The second kappa shape index (κ2) is 8.03. The third kappa shape index (κ3) is 4.04. The van der Waals surface area contributed by atoms with E-state index in [0.717, 1.165) is 24.0 Å². The molecule has 6 nitrogen and oxygen atoms in total. The number of aliphatic hydroxyl groups excluding tert-OH is 1. The van der Waals surface area contributed by atoms with Crippen molar-refractivity contribution in [3.8, 4) is 11.5 Å². The predicted octanol–water partition coefficient (Wildman–Crippen LogP) is 2.20. The summed E-state index contributed by atoms with van der Waals surface area (Å²) in [5.41, 5.74) is 1.95. The smallest absolute Gasteiger partial charge is 0.248 e. The lowest BCUT2D eigenvalue weighted by atomic mass is 10.0. The fraction of sp³-hybridized carbons (Fsp3) is 0.250. The Hall–Kier alpha value is -2.83. The predicted molar refractivity (Wildman–Crippen MR) is 100 cm³/mol.